The molecule has 0 atom stereocenters. The van der Waals surface area contributed by atoms with E-state index in [2.05, 4.69) is 10.3 Å². The number of halogens is 4. The van der Waals surface area contributed by atoms with Gasteiger partial charge in [0, 0.05) is 16.6 Å². The highest BCUT2D eigenvalue weighted by Gasteiger charge is 2.28. The fraction of sp³-hybridized carbons (Fsp3) is 0.150. The van der Waals surface area contributed by atoms with Gasteiger partial charge in [0.25, 0.3) is 11.8 Å². The Balaban J connectivity index is 1.58. The SMILES string of the molecule is O=C(NCC(F)(F)F)c1cccc(NC(=O)c2csc(COc3ccc(F)cc3)n2)c1. The number of nitrogens with zero attached hydrogens (tertiary/aromatic N) is 1. The highest BCUT2D eigenvalue weighted by Crippen LogP contribution is 2.18. The van der Waals surface area contributed by atoms with Gasteiger partial charge in [0.1, 0.15) is 35.4 Å². The van der Waals surface area contributed by atoms with Crippen molar-refractivity contribution in [1.82, 2.24) is 10.3 Å². The molecule has 0 spiro atoms. The molecule has 0 aliphatic carbocycles. The highest BCUT2D eigenvalue weighted by atomic mass is 32.1. The highest BCUT2D eigenvalue weighted by molar-refractivity contribution is 7.09. The summed E-state index contributed by atoms with van der Waals surface area (Å²) in [5.74, 6) is -1.41. The third kappa shape index (κ3) is 6.78. The van der Waals surface area contributed by atoms with Crippen molar-refractivity contribution in [2.24, 2.45) is 0 Å². The summed E-state index contributed by atoms with van der Waals surface area (Å²) < 4.78 is 55.1. The van der Waals surface area contributed by atoms with Crippen molar-refractivity contribution in [3.05, 3.63) is 76.0 Å². The van der Waals surface area contributed by atoms with Crippen molar-refractivity contribution >= 4 is 28.8 Å². The summed E-state index contributed by atoms with van der Waals surface area (Å²) in [6.45, 7) is -1.37. The lowest BCUT2D eigenvalue weighted by molar-refractivity contribution is -0.123. The van der Waals surface area contributed by atoms with Crippen LogP contribution in [0.2, 0.25) is 0 Å². The molecular formula is C20H15F4N3O3S. The van der Waals surface area contributed by atoms with Crippen molar-refractivity contribution in [3.63, 3.8) is 0 Å². The molecule has 0 aliphatic rings. The number of hydrogen-bond acceptors (Lipinski definition) is 5. The average Bonchev–Trinajstić information content (AvgIpc) is 3.20. The molecular weight excluding hydrogens is 438 g/mol. The molecule has 0 unspecified atom stereocenters. The minimum absolute atomic E-state index is 0.0336. The first-order valence-corrected chi connectivity index (χ1v) is 9.67. The second-order valence-corrected chi connectivity index (χ2v) is 7.14. The zero-order valence-electron chi connectivity index (χ0n) is 15.7. The Morgan fingerprint density at radius 1 is 1.06 bits per heavy atom. The van der Waals surface area contributed by atoms with Gasteiger partial charge < -0.3 is 15.4 Å². The van der Waals surface area contributed by atoms with E-state index < -0.39 is 24.5 Å². The fourth-order valence-electron chi connectivity index (χ4n) is 2.37. The molecule has 162 valence electrons. The number of nitrogens with one attached hydrogen (secondary N) is 2. The maximum atomic E-state index is 12.9. The maximum absolute atomic E-state index is 12.9. The summed E-state index contributed by atoms with van der Waals surface area (Å²) in [7, 11) is 0. The summed E-state index contributed by atoms with van der Waals surface area (Å²) in [6.07, 6.45) is -4.52. The first kappa shape index (κ1) is 22.2. The van der Waals surface area contributed by atoms with Crippen LogP contribution in [-0.2, 0) is 6.61 Å². The van der Waals surface area contributed by atoms with Crippen molar-refractivity contribution in [2.75, 3.05) is 11.9 Å². The summed E-state index contributed by atoms with van der Waals surface area (Å²) in [5.41, 5.74) is 0.296. The summed E-state index contributed by atoms with van der Waals surface area (Å²) in [4.78, 5) is 28.4. The first-order valence-electron chi connectivity index (χ1n) is 8.79. The van der Waals surface area contributed by atoms with E-state index in [1.807, 2.05) is 0 Å². The molecule has 0 radical (unpaired) electrons. The van der Waals surface area contributed by atoms with Gasteiger partial charge in [-0.3, -0.25) is 9.59 Å². The van der Waals surface area contributed by atoms with Crippen LogP contribution in [0.4, 0.5) is 23.2 Å². The first-order chi connectivity index (χ1) is 14.7. The quantitative estimate of drug-likeness (QED) is 0.520. The molecule has 31 heavy (non-hydrogen) atoms. The van der Waals surface area contributed by atoms with Crippen LogP contribution >= 0.6 is 11.3 Å². The van der Waals surface area contributed by atoms with Crippen molar-refractivity contribution < 1.29 is 31.9 Å². The van der Waals surface area contributed by atoms with Crippen LogP contribution in [0.3, 0.4) is 0 Å². The molecule has 6 nitrogen and oxygen atoms in total. The molecule has 0 saturated carbocycles. The number of rotatable bonds is 7. The predicted molar refractivity (Wildman–Crippen MR) is 106 cm³/mol. The molecule has 2 N–H and O–H groups in total. The molecule has 0 aliphatic heterocycles. The topological polar surface area (TPSA) is 80.3 Å². The molecule has 1 heterocycles. The number of amides is 2. The molecule has 0 fully saturated rings. The molecule has 3 aromatic rings. The van der Waals surface area contributed by atoms with Gasteiger partial charge in [-0.1, -0.05) is 6.07 Å². The summed E-state index contributed by atoms with van der Waals surface area (Å²) >= 11 is 1.19. The summed E-state index contributed by atoms with van der Waals surface area (Å²) in [5, 5.41) is 6.32. The number of anilines is 1. The van der Waals surface area contributed by atoms with Crippen molar-refractivity contribution in [3.8, 4) is 5.75 Å². The smallest absolute Gasteiger partial charge is 0.405 e. The standard InChI is InChI=1S/C20H15F4N3O3S/c21-13-4-6-15(7-5-13)30-9-17-27-16(10-31-17)19(29)26-14-3-1-2-12(8-14)18(28)25-11-20(22,23)24/h1-8,10H,9,11H2,(H,25,28)(H,26,29). The maximum Gasteiger partial charge on any atom is 0.405 e. The third-order valence-corrected chi connectivity index (χ3v) is 4.61. The van der Waals surface area contributed by atoms with Crippen molar-refractivity contribution in [1.29, 1.82) is 0 Å². The lowest BCUT2D eigenvalue weighted by Crippen LogP contribution is -2.33. The Labute approximate surface area is 177 Å². The normalized spacial score (nSPS) is 11.1. The van der Waals surface area contributed by atoms with Gasteiger partial charge in [0.2, 0.25) is 0 Å². The Hall–Kier alpha value is -3.47. The largest absolute Gasteiger partial charge is 0.486 e. The minimum atomic E-state index is -4.52. The molecule has 0 bridgehead atoms. The Bertz CT molecular complexity index is 1070. The zero-order valence-corrected chi connectivity index (χ0v) is 16.5. The number of hydrogen-bond donors (Lipinski definition) is 2. The second-order valence-electron chi connectivity index (χ2n) is 6.20. The van der Waals surface area contributed by atoms with Gasteiger partial charge in [0.05, 0.1) is 0 Å². The van der Waals surface area contributed by atoms with E-state index >= 15 is 0 Å². The van der Waals surface area contributed by atoms with E-state index in [1.54, 1.807) is 5.32 Å². The summed E-state index contributed by atoms with van der Waals surface area (Å²) in [6, 6.07) is 11.0. The third-order valence-electron chi connectivity index (χ3n) is 3.79. The van der Waals surface area contributed by atoms with E-state index in [9.17, 15) is 27.2 Å². The molecule has 0 saturated heterocycles. The molecule has 2 amide bonds. The average molecular weight is 453 g/mol. The van der Waals surface area contributed by atoms with Gasteiger partial charge in [-0.2, -0.15) is 13.2 Å². The van der Waals surface area contributed by atoms with E-state index in [-0.39, 0.29) is 29.4 Å². The van der Waals surface area contributed by atoms with Gasteiger partial charge in [-0.05, 0) is 42.5 Å². The van der Waals surface area contributed by atoms with Crippen LogP contribution in [0, 0.1) is 5.82 Å². The predicted octanol–water partition coefficient (Wildman–Crippen LogP) is 4.41. The van der Waals surface area contributed by atoms with Crippen LogP contribution in [0.25, 0.3) is 0 Å². The van der Waals surface area contributed by atoms with Crippen LogP contribution in [0.1, 0.15) is 25.9 Å². The van der Waals surface area contributed by atoms with Crippen LogP contribution in [-0.4, -0.2) is 29.5 Å². The Morgan fingerprint density at radius 2 is 1.81 bits per heavy atom. The number of thiazole rings is 1. The van der Waals surface area contributed by atoms with Crippen LogP contribution < -0.4 is 15.4 Å². The number of alkyl halides is 3. The van der Waals surface area contributed by atoms with Crippen LogP contribution in [0.5, 0.6) is 5.75 Å². The Kier molecular flexibility index (Phi) is 6.85. The van der Waals surface area contributed by atoms with E-state index in [4.69, 9.17) is 4.74 Å². The van der Waals surface area contributed by atoms with E-state index in [0.717, 1.165) is 0 Å². The zero-order chi connectivity index (χ0) is 22.4. The number of ether oxygens (including phenoxy) is 1. The number of aromatic nitrogens is 1. The molecule has 11 heteroatoms. The van der Waals surface area contributed by atoms with Gasteiger partial charge in [-0.25, -0.2) is 9.37 Å². The van der Waals surface area contributed by atoms with Crippen LogP contribution in [0.15, 0.2) is 53.9 Å². The van der Waals surface area contributed by atoms with E-state index in [1.165, 1.54) is 65.2 Å². The van der Waals surface area contributed by atoms with E-state index in [0.29, 0.717) is 10.8 Å². The molecule has 2 aromatic carbocycles. The van der Waals surface area contributed by atoms with Gasteiger partial charge >= 0.3 is 6.18 Å². The molecule has 1 aromatic heterocycles. The molecule has 3 rings (SSSR count). The van der Waals surface area contributed by atoms with Crippen molar-refractivity contribution in [2.45, 2.75) is 12.8 Å². The minimum Gasteiger partial charge on any atom is -0.486 e. The van der Waals surface area contributed by atoms with Gasteiger partial charge in [0.15, 0.2) is 0 Å². The van der Waals surface area contributed by atoms with Gasteiger partial charge in [-0.15, -0.1) is 11.3 Å². The fourth-order valence-corrected chi connectivity index (χ4v) is 3.06. The number of benzene rings is 2. The Morgan fingerprint density at radius 3 is 2.52 bits per heavy atom. The lowest BCUT2D eigenvalue weighted by Gasteiger charge is -2.09. The second kappa shape index (κ2) is 9.56. The number of carbonyl (C=O) groups is 2. The lowest BCUT2D eigenvalue weighted by atomic mass is 10.2. The number of carbonyl (C=O) groups excluding carboxylic acids is 2. The monoisotopic (exact) mass is 453 g/mol.